The molecule has 1 fully saturated rings. The van der Waals surface area contributed by atoms with Gasteiger partial charge in [0.2, 0.25) is 17.8 Å². The standard InChI is InChI=1S/C23H24N10O5/c1-9-6-24-16-11(4-12-17(18(16)26-9)29-23(32(12)3)27-10(2)35)28-22-30-20-19(21(37)31-22)25-8-33(20)15-5-13(36)14(7-34)38-15/h4,6,8,13-15,34,36H,5,7H2,1-3H3,(H,27,29,35)(H2,28,30,31,37)/t13-,14+,15+/m0/s1. The van der Waals surface area contributed by atoms with Crippen molar-refractivity contribution in [2.24, 2.45) is 7.05 Å². The smallest absolute Gasteiger partial charge is 0.280 e. The van der Waals surface area contributed by atoms with Crippen LogP contribution in [0.1, 0.15) is 25.3 Å². The summed E-state index contributed by atoms with van der Waals surface area (Å²) < 4.78 is 9.00. The predicted molar refractivity (Wildman–Crippen MR) is 136 cm³/mol. The number of hydrogen-bond acceptors (Lipinski definition) is 11. The van der Waals surface area contributed by atoms with Crippen LogP contribution in [-0.2, 0) is 16.6 Å². The number of amides is 1. The van der Waals surface area contributed by atoms with Gasteiger partial charge in [-0.05, 0) is 13.0 Å². The van der Waals surface area contributed by atoms with Crippen LogP contribution in [0.15, 0.2) is 23.4 Å². The van der Waals surface area contributed by atoms with E-state index in [2.05, 4.69) is 40.5 Å². The van der Waals surface area contributed by atoms with Gasteiger partial charge in [-0.1, -0.05) is 0 Å². The molecule has 1 aliphatic rings. The highest BCUT2D eigenvalue weighted by molar-refractivity contribution is 6.08. The molecule has 38 heavy (non-hydrogen) atoms. The third-order valence-electron chi connectivity index (χ3n) is 6.46. The molecule has 4 aromatic heterocycles. The average molecular weight is 521 g/mol. The number of rotatable bonds is 5. The van der Waals surface area contributed by atoms with Crippen molar-refractivity contribution in [2.75, 3.05) is 17.2 Å². The van der Waals surface area contributed by atoms with E-state index in [9.17, 15) is 19.8 Å². The van der Waals surface area contributed by atoms with E-state index in [0.717, 1.165) is 0 Å². The molecule has 196 valence electrons. The summed E-state index contributed by atoms with van der Waals surface area (Å²) in [7, 11) is 1.76. The van der Waals surface area contributed by atoms with Gasteiger partial charge in [-0.25, -0.2) is 15.0 Å². The van der Waals surface area contributed by atoms with Crippen LogP contribution >= 0.6 is 0 Å². The number of nitrogens with one attached hydrogen (secondary N) is 3. The van der Waals surface area contributed by atoms with Gasteiger partial charge < -0.3 is 24.8 Å². The Kier molecular flexibility index (Phi) is 5.55. The molecule has 5 heterocycles. The highest BCUT2D eigenvalue weighted by Gasteiger charge is 2.35. The van der Waals surface area contributed by atoms with Crippen molar-refractivity contribution in [3.05, 3.63) is 34.6 Å². The molecule has 0 bridgehead atoms. The van der Waals surface area contributed by atoms with Crippen LogP contribution in [0.4, 0.5) is 17.6 Å². The SMILES string of the molecule is CC(=O)Nc1nc2c3nc(C)cnc3c(Nc3nc4c(ncn4[C@H]4C[C@H](O)[C@@H](CO)O4)c(=O)[nH]3)cc2n1C. The van der Waals surface area contributed by atoms with Crippen molar-refractivity contribution in [3.8, 4) is 0 Å². The van der Waals surface area contributed by atoms with Gasteiger partial charge in [-0.15, -0.1) is 0 Å². The molecule has 0 spiro atoms. The fraction of sp³-hybridized carbons (Fsp3) is 0.348. The fourth-order valence-corrected chi connectivity index (χ4v) is 4.63. The number of nitrogens with zero attached hydrogens (tertiary/aromatic N) is 7. The van der Waals surface area contributed by atoms with E-state index < -0.39 is 24.0 Å². The summed E-state index contributed by atoms with van der Waals surface area (Å²) in [4.78, 5) is 49.7. The molecule has 3 atom stereocenters. The third-order valence-corrected chi connectivity index (χ3v) is 6.46. The van der Waals surface area contributed by atoms with E-state index in [1.54, 1.807) is 28.4 Å². The van der Waals surface area contributed by atoms with Crippen molar-refractivity contribution in [2.45, 2.75) is 38.7 Å². The molecular formula is C23H24N10O5. The molecule has 0 aliphatic carbocycles. The summed E-state index contributed by atoms with van der Waals surface area (Å²) in [5.41, 5.74) is 3.26. The number of aliphatic hydroxyl groups excluding tert-OH is 2. The van der Waals surface area contributed by atoms with Crippen LogP contribution in [-0.4, -0.2) is 74.0 Å². The zero-order valence-electron chi connectivity index (χ0n) is 20.6. The van der Waals surface area contributed by atoms with Gasteiger partial charge in [0.1, 0.15) is 28.9 Å². The first kappa shape index (κ1) is 23.9. The third kappa shape index (κ3) is 3.84. The summed E-state index contributed by atoms with van der Waals surface area (Å²) in [6.07, 6.45) is 0.999. The largest absolute Gasteiger partial charge is 0.394 e. The maximum atomic E-state index is 12.9. The van der Waals surface area contributed by atoms with E-state index in [4.69, 9.17) is 4.74 Å². The molecule has 5 N–H and O–H groups in total. The average Bonchev–Trinajstić information content (AvgIpc) is 3.55. The normalized spacial score (nSPS) is 19.6. The van der Waals surface area contributed by atoms with Gasteiger partial charge >= 0.3 is 0 Å². The maximum Gasteiger partial charge on any atom is 0.280 e. The van der Waals surface area contributed by atoms with Gasteiger partial charge in [-0.2, -0.15) is 4.98 Å². The number of H-pyrrole nitrogens is 1. The first-order valence-electron chi connectivity index (χ1n) is 11.8. The molecule has 0 unspecified atom stereocenters. The summed E-state index contributed by atoms with van der Waals surface area (Å²) in [6, 6.07) is 1.78. The lowest BCUT2D eigenvalue weighted by molar-refractivity contribution is -0.114. The Morgan fingerprint density at radius 3 is 2.76 bits per heavy atom. The predicted octanol–water partition coefficient (Wildman–Crippen LogP) is 0.601. The number of benzene rings is 1. The van der Waals surface area contributed by atoms with Gasteiger partial charge in [0.15, 0.2) is 11.2 Å². The van der Waals surface area contributed by atoms with Gasteiger partial charge in [-0.3, -0.25) is 29.4 Å². The zero-order valence-corrected chi connectivity index (χ0v) is 20.6. The van der Waals surface area contributed by atoms with Crippen LogP contribution in [0, 0.1) is 6.92 Å². The second-order valence-electron chi connectivity index (χ2n) is 9.15. The van der Waals surface area contributed by atoms with E-state index in [1.807, 2.05) is 6.92 Å². The Balaban J connectivity index is 1.47. The number of hydrogen-bond donors (Lipinski definition) is 5. The molecule has 5 aromatic rings. The minimum Gasteiger partial charge on any atom is -0.394 e. The Morgan fingerprint density at radius 1 is 1.21 bits per heavy atom. The molecule has 15 nitrogen and oxygen atoms in total. The van der Waals surface area contributed by atoms with E-state index in [0.29, 0.717) is 39.4 Å². The van der Waals surface area contributed by atoms with Crippen molar-refractivity contribution >= 4 is 56.7 Å². The Labute approximate surface area is 213 Å². The monoisotopic (exact) mass is 520 g/mol. The number of imidazole rings is 2. The van der Waals surface area contributed by atoms with E-state index in [1.165, 1.54) is 13.3 Å². The summed E-state index contributed by atoms with van der Waals surface area (Å²) in [6.45, 7) is 2.88. The van der Waals surface area contributed by atoms with Gasteiger partial charge in [0.25, 0.3) is 5.56 Å². The number of aromatic nitrogens is 8. The lowest BCUT2D eigenvalue weighted by Crippen LogP contribution is -2.24. The van der Waals surface area contributed by atoms with Crippen molar-refractivity contribution < 1.29 is 19.7 Å². The maximum absolute atomic E-state index is 12.9. The first-order chi connectivity index (χ1) is 18.2. The minimum atomic E-state index is -0.858. The Morgan fingerprint density at radius 2 is 2.03 bits per heavy atom. The van der Waals surface area contributed by atoms with E-state index >= 15 is 0 Å². The number of aliphatic hydroxyl groups is 2. The highest BCUT2D eigenvalue weighted by atomic mass is 16.5. The molecule has 1 amide bonds. The number of fused-ring (bicyclic) bond motifs is 4. The number of carbonyl (C=O) groups excluding carboxylic acids is 1. The minimum absolute atomic E-state index is 0.100. The summed E-state index contributed by atoms with van der Waals surface area (Å²) in [5.74, 6) is 0.212. The first-order valence-corrected chi connectivity index (χ1v) is 11.8. The van der Waals surface area contributed by atoms with Crippen LogP contribution in [0.2, 0.25) is 0 Å². The molecule has 0 saturated carbocycles. The second kappa shape index (κ2) is 8.83. The number of anilines is 3. The lowest BCUT2D eigenvalue weighted by atomic mass is 10.2. The molecule has 6 rings (SSSR count). The molecule has 1 saturated heterocycles. The number of carbonyl (C=O) groups is 1. The molecular weight excluding hydrogens is 496 g/mol. The fourth-order valence-electron chi connectivity index (χ4n) is 4.63. The van der Waals surface area contributed by atoms with Crippen molar-refractivity contribution in [3.63, 3.8) is 0 Å². The number of ether oxygens (including phenoxy) is 1. The van der Waals surface area contributed by atoms with Crippen LogP contribution in [0.5, 0.6) is 0 Å². The molecule has 15 heteroatoms. The van der Waals surface area contributed by atoms with Crippen LogP contribution < -0.4 is 16.2 Å². The topological polar surface area (TPSA) is 198 Å². The van der Waals surface area contributed by atoms with Crippen LogP contribution in [0.3, 0.4) is 0 Å². The van der Waals surface area contributed by atoms with Crippen molar-refractivity contribution in [1.82, 2.24) is 39.0 Å². The summed E-state index contributed by atoms with van der Waals surface area (Å²) >= 11 is 0. The zero-order chi connectivity index (χ0) is 26.7. The second-order valence-corrected chi connectivity index (χ2v) is 9.15. The van der Waals surface area contributed by atoms with Gasteiger partial charge in [0, 0.05) is 26.6 Å². The quantitative estimate of drug-likeness (QED) is 0.217. The van der Waals surface area contributed by atoms with Crippen molar-refractivity contribution in [1.29, 1.82) is 0 Å². The number of aryl methyl sites for hydroxylation is 2. The molecule has 0 radical (unpaired) electrons. The molecule has 1 aromatic carbocycles. The van der Waals surface area contributed by atoms with E-state index in [-0.39, 0.29) is 36.0 Å². The number of aromatic amines is 1. The van der Waals surface area contributed by atoms with Crippen LogP contribution in [0.25, 0.3) is 33.2 Å². The van der Waals surface area contributed by atoms with Gasteiger partial charge in [0.05, 0.1) is 35.9 Å². The Bertz CT molecular complexity index is 1790. The lowest BCUT2D eigenvalue weighted by Gasteiger charge is -2.14. The highest BCUT2D eigenvalue weighted by Crippen LogP contribution is 2.33. The molecule has 1 aliphatic heterocycles. The summed E-state index contributed by atoms with van der Waals surface area (Å²) in [5, 5.41) is 25.4. The Hall–Kier alpha value is -4.47.